The van der Waals surface area contributed by atoms with Crippen LogP contribution in [0.3, 0.4) is 0 Å². The molecule has 3 aromatic carbocycles. The van der Waals surface area contributed by atoms with E-state index in [9.17, 15) is 4.79 Å². The summed E-state index contributed by atoms with van der Waals surface area (Å²) in [7, 11) is 1.58. The van der Waals surface area contributed by atoms with Crippen LogP contribution in [0.15, 0.2) is 75.6 Å². The second kappa shape index (κ2) is 12.6. The lowest BCUT2D eigenvalue weighted by Crippen LogP contribution is -2.22. The summed E-state index contributed by atoms with van der Waals surface area (Å²) in [5.74, 6) is 1.73. The fourth-order valence-electron chi connectivity index (χ4n) is 3.99. The zero-order valence-corrected chi connectivity index (χ0v) is 24.1. The predicted octanol–water partition coefficient (Wildman–Crippen LogP) is 7.62. The molecule has 1 heterocycles. The van der Waals surface area contributed by atoms with Gasteiger partial charge in [0.05, 0.1) is 34.3 Å². The van der Waals surface area contributed by atoms with Gasteiger partial charge in [-0.15, -0.1) is 6.58 Å². The van der Waals surface area contributed by atoms with Crippen LogP contribution < -0.4 is 15.0 Å². The SMILES string of the molecule is C=CCc1cc(C=Nn2c(CCC)nc3ccc(Br)cc3c2=O)cc(OC)c1OCc1ccc(Cl)c(Cl)c1. The van der Waals surface area contributed by atoms with Crippen LogP contribution in [0, 0.1) is 0 Å². The van der Waals surface area contributed by atoms with E-state index in [-0.39, 0.29) is 12.2 Å². The number of rotatable bonds is 10. The van der Waals surface area contributed by atoms with Gasteiger partial charge in [0.25, 0.3) is 5.56 Å². The van der Waals surface area contributed by atoms with Crippen LogP contribution in [0.2, 0.25) is 10.0 Å². The van der Waals surface area contributed by atoms with E-state index in [1.54, 1.807) is 37.6 Å². The summed E-state index contributed by atoms with van der Waals surface area (Å²) in [5.41, 5.74) is 2.89. The Labute approximate surface area is 239 Å². The van der Waals surface area contributed by atoms with Crippen molar-refractivity contribution in [2.45, 2.75) is 32.8 Å². The van der Waals surface area contributed by atoms with Crippen molar-refractivity contribution in [2.75, 3.05) is 7.11 Å². The molecule has 196 valence electrons. The second-order valence-corrected chi connectivity index (χ2v) is 10.3. The molecule has 4 rings (SSSR count). The minimum Gasteiger partial charge on any atom is -0.493 e. The van der Waals surface area contributed by atoms with Crippen molar-refractivity contribution in [3.63, 3.8) is 0 Å². The number of aromatic nitrogens is 2. The Morgan fingerprint density at radius 2 is 1.95 bits per heavy atom. The van der Waals surface area contributed by atoms with Gasteiger partial charge in [0.1, 0.15) is 12.4 Å². The smallest absolute Gasteiger partial charge is 0.282 e. The Morgan fingerprint density at radius 3 is 2.66 bits per heavy atom. The maximum atomic E-state index is 13.3. The van der Waals surface area contributed by atoms with Crippen LogP contribution in [-0.2, 0) is 19.4 Å². The number of methoxy groups -OCH3 is 1. The van der Waals surface area contributed by atoms with Gasteiger partial charge in [-0.1, -0.05) is 58.2 Å². The third-order valence-electron chi connectivity index (χ3n) is 5.78. The highest BCUT2D eigenvalue weighted by Crippen LogP contribution is 2.34. The minimum absolute atomic E-state index is 0.226. The lowest BCUT2D eigenvalue weighted by molar-refractivity contribution is 0.282. The summed E-state index contributed by atoms with van der Waals surface area (Å²) in [6, 6.07) is 14.6. The molecule has 0 aliphatic rings. The molecule has 0 aliphatic carbocycles. The minimum atomic E-state index is -0.226. The van der Waals surface area contributed by atoms with Gasteiger partial charge in [0.2, 0.25) is 0 Å². The molecule has 0 atom stereocenters. The third kappa shape index (κ3) is 6.29. The van der Waals surface area contributed by atoms with Gasteiger partial charge in [0, 0.05) is 16.5 Å². The lowest BCUT2D eigenvalue weighted by Gasteiger charge is -2.16. The number of hydrogen-bond donors (Lipinski definition) is 0. The van der Waals surface area contributed by atoms with Crippen molar-refractivity contribution in [2.24, 2.45) is 5.10 Å². The first kappa shape index (κ1) is 27.9. The first-order valence-electron chi connectivity index (χ1n) is 12.0. The largest absolute Gasteiger partial charge is 0.493 e. The number of nitrogens with zero attached hydrogens (tertiary/aromatic N) is 3. The number of fused-ring (bicyclic) bond motifs is 1. The van der Waals surface area contributed by atoms with Gasteiger partial charge in [-0.25, -0.2) is 4.98 Å². The van der Waals surface area contributed by atoms with E-state index in [4.69, 9.17) is 37.7 Å². The molecule has 0 radical (unpaired) electrons. The molecule has 0 spiro atoms. The Bertz CT molecular complexity index is 1580. The molecule has 38 heavy (non-hydrogen) atoms. The highest BCUT2D eigenvalue weighted by Gasteiger charge is 2.14. The fourth-order valence-corrected chi connectivity index (χ4v) is 4.67. The van der Waals surface area contributed by atoms with Crippen molar-refractivity contribution in [1.29, 1.82) is 0 Å². The van der Waals surface area contributed by atoms with Gasteiger partial charge >= 0.3 is 0 Å². The quantitative estimate of drug-likeness (QED) is 0.136. The number of benzene rings is 3. The van der Waals surface area contributed by atoms with E-state index in [2.05, 4.69) is 27.6 Å². The van der Waals surface area contributed by atoms with Gasteiger partial charge in [-0.3, -0.25) is 4.79 Å². The molecule has 0 N–H and O–H groups in total. The van der Waals surface area contributed by atoms with Crippen LogP contribution >= 0.6 is 39.1 Å². The van der Waals surface area contributed by atoms with Crippen molar-refractivity contribution in [1.82, 2.24) is 9.66 Å². The summed E-state index contributed by atoms with van der Waals surface area (Å²) in [6.07, 6.45) is 5.40. The molecule has 6 nitrogen and oxygen atoms in total. The highest BCUT2D eigenvalue weighted by atomic mass is 79.9. The zero-order chi connectivity index (χ0) is 27.2. The monoisotopic (exact) mass is 613 g/mol. The third-order valence-corrected chi connectivity index (χ3v) is 7.01. The van der Waals surface area contributed by atoms with E-state index < -0.39 is 0 Å². The summed E-state index contributed by atoms with van der Waals surface area (Å²) >= 11 is 15.6. The van der Waals surface area contributed by atoms with Crippen molar-refractivity contribution < 1.29 is 9.47 Å². The standard InChI is InChI=1S/C29H26BrCl2N3O3/c1-4-6-20-12-19(14-26(37-3)28(20)38-17-18-8-10-23(31)24(32)13-18)16-33-35-27(7-5-2)34-25-11-9-21(30)15-22(25)29(35)36/h4,8-16H,1,5-7,17H2,2-3H3. The molecular formula is C29H26BrCl2N3O3. The van der Waals surface area contributed by atoms with Crippen LogP contribution in [0.5, 0.6) is 11.5 Å². The van der Waals surface area contributed by atoms with Crippen LogP contribution in [0.4, 0.5) is 0 Å². The number of halogens is 3. The molecule has 0 bridgehead atoms. The van der Waals surface area contributed by atoms with Crippen molar-refractivity contribution in [3.05, 3.63) is 109 Å². The number of allylic oxidation sites excluding steroid dienone is 1. The molecule has 0 unspecified atom stereocenters. The molecule has 0 fully saturated rings. The van der Waals surface area contributed by atoms with Crippen LogP contribution in [0.25, 0.3) is 10.9 Å². The molecular weight excluding hydrogens is 589 g/mol. The van der Waals surface area contributed by atoms with Crippen LogP contribution in [-0.4, -0.2) is 23.0 Å². The molecule has 9 heteroatoms. The Balaban J connectivity index is 1.72. The molecule has 0 saturated heterocycles. The number of ether oxygens (including phenoxy) is 2. The normalized spacial score (nSPS) is 11.3. The van der Waals surface area contributed by atoms with Crippen molar-refractivity contribution in [3.8, 4) is 11.5 Å². The summed E-state index contributed by atoms with van der Waals surface area (Å²) < 4.78 is 14.0. The molecule has 0 saturated carbocycles. The number of hydrogen-bond acceptors (Lipinski definition) is 5. The maximum Gasteiger partial charge on any atom is 0.282 e. The van der Waals surface area contributed by atoms with E-state index in [1.165, 1.54) is 4.68 Å². The summed E-state index contributed by atoms with van der Waals surface area (Å²) in [4.78, 5) is 18.0. The highest BCUT2D eigenvalue weighted by molar-refractivity contribution is 9.10. The van der Waals surface area contributed by atoms with Crippen LogP contribution in [0.1, 0.15) is 35.9 Å². The molecule has 4 aromatic rings. The van der Waals surface area contributed by atoms with E-state index in [1.807, 2.05) is 37.3 Å². The number of aryl methyl sites for hydroxylation is 1. The molecule has 0 amide bonds. The lowest BCUT2D eigenvalue weighted by atomic mass is 10.1. The zero-order valence-electron chi connectivity index (χ0n) is 21.0. The average molecular weight is 615 g/mol. The first-order chi connectivity index (χ1) is 18.3. The Hall–Kier alpha value is -3.13. The maximum absolute atomic E-state index is 13.3. The van der Waals surface area contributed by atoms with E-state index in [0.717, 1.165) is 27.6 Å². The summed E-state index contributed by atoms with van der Waals surface area (Å²) in [6.45, 7) is 6.19. The molecule has 1 aromatic heterocycles. The van der Waals surface area contributed by atoms with E-state index >= 15 is 0 Å². The van der Waals surface area contributed by atoms with Crippen molar-refractivity contribution >= 4 is 56.2 Å². The predicted molar refractivity (Wildman–Crippen MR) is 158 cm³/mol. The Kier molecular flexibility index (Phi) is 9.26. The van der Waals surface area contributed by atoms with Gasteiger partial charge in [-0.05, 0) is 66.4 Å². The molecule has 0 aliphatic heterocycles. The van der Waals surface area contributed by atoms with Gasteiger partial charge < -0.3 is 9.47 Å². The van der Waals surface area contributed by atoms with E-state index in [0.29, 0.717) is 51.1 Å². The first-order valence-corrected chi connectivity index (χ1v) is 13.5. The Morgan fingerprint density at radius 1 is 1.13 bits per heavy atom. The topological polar surface area (TPSA) is 65.7 Å². The average Bonchev–Trinajstić information content (AvgIpc) is 2.90. The van der Waals surface area contributed by atoms with Gasteiger partial charge in [-0.2, -0.15) is 9.78 Å². The fraction of sp³-hybridized carbons (Fsp3) is 0.207. The second-order valence-electron chi connectivity index (χ2n) is 8.54. The van der Waals surface area contributed by atoms with Gasteiger partial charge in [0.15, 0.2) is 11.5 Å². The summed E-state index contributed by atoms with van der Waals surface area (Å²) in [5, 5.41) is 5.99.